The number of nitrogens with one attached hydrogen (secondary N) is 2. The molecule has 0 amide bonds. The number of methoxy groups -OCH3 is 1. The Kier molecular flexibility index (Phi) is 4.57. The summed E-state index contributed by atoms with van der Waals surface area (Å²) in [5, 5.41) is 25.2. The Morgan fingerprint density at radius 2 is 1.68 bits per heavy atom. The molecular weight excluding hydrogens is 352 g/mol. The number of aromatic nitrogens is 1. The molecule has 4 N–H and O–H groups in total. The van der Waals surface area contributed by atoms with E-state index < -0.39 is 6.04 Å². The number of phenolic OH excluding ortho intramolecular Hbond substituents is 2. The van der Waals surface area contributed by atoms with E-state index in [0.717, 1.165) is 27.8 Å². The van der Waals surface area contributed by atoms with E-state index >= 15 is 0 Å². The third kappa shape index (κ3) is 3.01. The number of benzene rings is 3. The number of anilines is 1. The van der Waals surface area contributed by atoms with Crippen molar-refractivity contribution < 1.29 is 14.9 Å². The number of fused-ring (bicyclic) bond motifs is 1. The normalized spacial score (nSPS) is 12.1. The van der Waals surface area contributed by atoms with Gasteiger partial charge in [0.25, 0.3) is 0 Å². The predicted octanol–water partition coefficient (Wildman–Crippen LogP) is 5.10. The number of para-hydroxylation sites is 4. The van der Waals surface area contributed by atoms with Crippen LogP contribution in [-0.4, -0.2) is 22.3 Å². The van der Waals surface area contributed by atoms with Gasteiger partial charge in [-0.2, -0.15) is 0 Å². The molecule has 4 aromatic rings. The lowest BCUT2D eigenvalue weighted by molar-refractivity contribution is 0.398. The Morgan fingerprint density at radius 3 is 2.50 bits per heavy atom. The first kappa shape index (κ1) is 17.8. The molecule has 1 unspecified atom stereocenters. The molecule has 0 saturated heterocycles. The fraction of sp³-hybridized carbons (Fsp3) is 0.130. The number of rotatable bonds is 5. The molecule has 0 aliphatic rings. The van der Waals surface area contributed by atoms with Crippen LogP contribution in [0.25, 0.3) is 10.9 Å². The average Bonchev–Trinajstić information content (AvgIpc) is 3.04. The average molecular weight is 374 g/mol. The van der Waals surface area contributed by atoms with Crippen LogP contribution in [0.3, 0.4) is 0 Å². The summed E-state index contributed by atoms with van der Waals surface area (Å²) in [4.78, 5) is 3.41. The Morgan fingerprint density at radius 1 is 0.929 bits per heavy atom. The monoisotopic (exact) mass is 374 g/mol. The molecule has 0 aliphatic carbocycles. The molecular formula is C23H22N2O3. The largest absolute Gasteiger partial charge is 0.504 e. The van der Waals surface area contributed by atoms with Gasteiger partial charge >= 0.3 is 0 Å². The van der Waals surface area contributed by atoms with E-state index in [1.807, 2.05) is 61.5 Å². The second-order valence-corrected chi connectivity index (χ2v) is 6.70. The van der Waals surface area contributed by atoms with E-state index in [2.05, 4.69) is 10.3 Å². The van der Waals surface area contributed by atoms with Gasteiger partial charge < -0.3 is 25.3 Å². The molecule has 0 radical (unpaired) electrons. The molecule has 0 saturated carbocycles. The van der Waals surface area contributed by atoms with Gasteiger partial charge in [-0.3, -0.25) is 0 Å². The van der Waals surface area contributed by atoms with Gasteiger partial charge in [0.15, 0.2) is 11.5 Å². The Labute approximate surface area is 163 Å². The summed E-state index contributed by atoms with van der Waals surface area (Å²) in [6.45, 7) is 2.01. The van der Waals surface area contributed by atoms with Gasteiger partial charge in [0.2, 0.25) is 0 Å². The number of phenols is 2. The molecule has 3 aromatic carbocycles. The number of aromatic hydroxyl groups is 2. The van der Waals surface area contributed by atoms with Crippen LogP contribution in [0.4, 0.5) is 5.69 Å². The molecule has 4 rings (SSSR count). The Bertz CT molecular complexity index is 1130. The number of hydrogen-bond donors (Lipinski definition) is 4. The molecule has 0 bridgehead atoms. The van der Waals surface area contributed by atoms with Gasteiger partial charge in [-0.15, -0.1) is 0 Å². The third-order valence-electron chi connectivity index (χ3n) is 5.00. The maximum atomic E-state index is 10.6. The molecule has 1 heterocycles. The first-order chi connectivity index (χ1) is 13.6. The van der Waals surface area contributed by atoms with Crippen molar-refractivity contribution in [1.82, 2.24) is 4.98 Å². The minimum atomic E-state index is -0.403. The van der Waals surface area contributed by atoms with Crippen molar-refractivity contribution in [1.29, 1.82) is 0 Å². The number of H-pyrrole nitrogens is 1. The van der Waals surface area contributed by atoms with Crippen LogP contribution in [0.1, 0.15) is 22.9 Å². The summed E-state index contributed by atoms with van der Waals surface area (Å²) in [6.07, 6.45) is 0. The number of aromatic amines is 1. The standard InChI is InChI=1S/C23H22N2O3/c1-14-21(15-8-3-4-10-17(15)24-14)22(16-9-7-12-19(26)23(16)27)25-18-11-5-6-13-20(18)28-2/h3-13,22,24-27H,1-2H3. The molecule has 0 aliphatic heterocycles. The van der Waals surface area contributed by atoms with Crippen LogP contribution in [0.2, 0.25) is 0 Å². The van der Waals surface area contributed by atoms with Gasteiger partial charge in [0.1, 0.15) is 5.75 Å². The quantitative estimate of drug-likeness (QED) is 0.367. The molecule has 28 heavy (non-hydrogen) atoms. The molecule has 1 atom stereocenters. The maximum Gasteiger partial charge on any atom is 0.163 e. The summed E-state index contributed by atoms with van der Waals surface area (Å²) in [5.41, 5.74) is 4.38. The molecule has 5 nitrogen and oxygen atoms in total. The van der Waals surface area contributed by atoms with E-state index in [1.165, 1.54) is 6.07 Å². The Hall–Kier alpha value is -3.60. The zero-order valence-corrected chi connectivity index (χ0v) is 15.7. The zero-order chi connectivity index (χ0) is 19.7. The van der Waals surface area contributed by atoms with Crippen molar-refractivity contribution in [3.05, 3.63) is 83.6 Å². The van der Waals surface area contributed by atoms with Gasteiger partial charge in [-0.25, -0.2) is 0 Å². The predicted molar refractivity (Wildman–Crippen MR) is 111 cm³/mol. The molecule has 0 spiro atoms. The second kappa shape index (κ2) is 7.19. The van der Waals surface area contributed by atoms with Crippen LogP contribution >= 0.6 is 0 Å². The third-order valence-corrected chi connectivity index (χ3v) is 5.00. The topological polar surface area (TPSA) is 77.5 Å². The van der Waals surface area contributed by atoms with Gasteiger partial charge in [-0.1, -0.05) is 42.5 Å². The molecule has 5 heteroatoms. The number of ether oxygens (including phenoxy) is 1. The van der Waals surface area contributed by atoms with Crippen molar-refractivity contribution in [2.24, 2.45) is 0 Å². The van der Waals surface area contributed by atoms with Crippen molar-refractivity contribution in [3.63, 3.8) is 0 Å². The highest BCUT2D eigenvalue weighted by atomic mass is 16.5. The maximum absolute atomic E-state index is 10.6. The van der Waals surface area contributed by atoms with Gasteiger partial charge in [0.05, 0.1) is 18.8 Å². The highest BCUT2D eigenvalue weighted by Crippen LogP contribution is 2.42. The molecule has 0 fully saturated rings. The first-order valence-electron chi connectivity index (χ1n) is 9.07. The zero-order valence-electron chi connectivity index (χ0n) is 15.7. The van der Waals surface area contributed by atoms with Crippen molar-refractivity contribution in [2.75, 3.05) is 12.4 Å². The lowest BCUT2D eigenvalue weighted by atomic mass is 9.94. The minimum absolute atomic E-state index is 0.139. The van der Waals surface area contributed by atoms with Gasteiger partial charge in [0, 0.05) is 27.7 Å². The lowest BCUT2D eigenvalue weighted by Gasteiger charge is -2.24. The summed E-state index contributed by atoms with van der Waals surface area (Å²) in [6, 6.07) is 20.3. The van der Waals surface area contributed by atoms with E-state index in [0.29, 0.717) is 11.3 Å². The van der Waals surface area contributed by atoms with E-state index in [4.69, 9.17) is 4.74 Å². The second-order valence-electron chi connectivity index (χ2n) is 6.70. The fourth-order valence-electron chi connectivity index (χ4n) is 3.68. The van der Waals surface area contributed by atoms with E-state index in [-0.39, 0.29) is 11.5 Å². The van der Waals surface area contributed by atoms with Gasteiger partial charge in [-0.05, 0) is 31.2 Å². The lowest BCUT2D eigenvalue weighted by Crippen LogP contribution is -2.14. The van der Waals surface area contributed by atoms with Crippen LogP contribution in [0.5, 0.6) is 17.2 Å². The summed E-state index contributed by atoms with van der Waals surface area (Å²) in [5.74, 6) is 0.408. The van der Waals surface area contributed by atoms with E-state index in [1.54, 1.807) is 13.2 Å². The summed E-state index contributed by atoms with van der Waals surface area (Å²) < 4.78 is 5.49. The van der Waals surface area contributed by atoms with Crippen LogP contribution in [0, 0.1) is 6.92 Å². The fourth-order valence-corrected chi connectivity index (χ4v) is 3.68. The van der Waals surface area contributed by atoms with E-state index in [9.17, 15) is 10.2 Å². The number of hydrogen-bond acceptors (Lipinski definition) is 4. The summed E-state index contributed by atoms with van der Waals surface area (Å²) in [7, 11) is 1.62. The smallest absolute Gasteiger partial charge is 0.163 e. The molecule has 1 aromatic heterocycles. The summed E-state index contributed by atoms with van der Waals surface area (Å²) >= 11 is 0. The van der Waals surface area contributed by atoms with Crippen molar-refractivity contribution in [3.8, 4) is 17.2 Å². The van der Waals surface area contributed by atoms with Crippen molar-refractivity contribution in [2.45, 2.75) is 13.0 Å². The van der Waals surface area contributed by atoms with Crippen LogP contribution in [-0.2, 0) is 0 Å². The minimum Gasteiger partial charge on any atom is -0.504 e. The van der Waals surface area contributed by atoms with Crippen LogP contribution < -0.4 is 10.1 Å². The highest BCUT2D eigenvalue weighted by molar-refractivity contribution is 5.86. The Balaban J connectivity index is 1.93. The first-order valence-corrected chi connectivity index (χ1v) is 9.07. The van der Waals surface area contributed by atoms with Crippen molar-refractivity contribution >= 4 is 16.6 Å². The highest BCUT2D eigenvalue weighted by Gasteiger charge is 2.25. The number of aryl methyl sites for hydroxylation is 1. The van der Waals surface area contributed by atoms with Crippen LogP contribution in [0.15, 0.2) is 66.7 Å². The SMILES string of the molecule is COc1ccccc1NC(c1cccc(O)c1O)c1c(C)[nH]c2ccccc12. The molecule has 142 valence electrons.